The molecule has 0 aliphatic rings. The number of sulfonamides is 1. The molecule has 40 heavy (non-hydrogen) atoms. The lowest BCUT2D eigenvalue weighted by molar-refractivity contribution is 0.388. The van der Waals surface area contributed by atoms with Gasteiger partial charge in [-0.05, 0) is 56.1 Å². The number of nitrogens with one attached hydrogen (secondary N) is 1. The van der Waals surface area contributed by atoms with Crippen LogP contribution in [-0.4, -0.2) is 39.5 Å². The van der Waals surface area contributed by atoms with E-state index in [1.54, 1.807) is 43.3 Å². The molecule has 0 aliphatic heterocycles. The van der Waals surface area contributed by atoms with Crippen molar-refractivity contribution < 1.29 is 30.7 Å². The first-order valence-corrected chi connectivity index (χ1v) is 14.3. The van der Waals surface area contributed by atoms with E-state index in [0.717, 1.165) is 39.9 Å². The topological polar surface area (TPSA) is 74.8 Å². The van der Waals surface area contributed by atoms with Gasteiger partial charge in [-0.3, -0.25) is 0 Å². The van der Waals surface area contributed by atoms with E-state index in [4.69, 9.17) is 4.74 Å². The first kappa shape index (κ1) is 29.3. The van der Waals surface area contributed by atoms with Gasteiger partial charge in [0.1, 0.15) is 29.0 Å². The molecule has 1 N–H and O–H groups in total. The number of hydrogen-bond acceptors (Lipinski definition) is 7. The van der Waals surface area contributed by atoms with Gasteiger partial charge in [0.15, 0.2) is 10.7 Å². The van der Waals surface area contributed by atoms with E-state index in [9.17, 15) is 17.2 Å². The van der Waals surface area contributed by atoms with Crippen LogP contribution in [0.2, 0.25) is 0 Å². The van der Waals surface area contributed by atoms with Gasteiger partial charge in [-0.1, -0.05) is 12.1 Å². The molecule has 0 unspecified atom stereocenters. The van der Waals surface area contributed by atoms with Crippen LogP contribution in [-0.2, 0) is 29.7 Å². The summed E-state index contributed by atoms with van der Waals surface area (Å²) >= 11 is 1.12. The normalized spacial score (nSPS) is 11.6. The van der Waals surface area contributed by atoms with Gasteiger partial charge in [0, 0.05) is 35.3 Å². The molecule has 0 fully saturated rings. The van der Waals surface area contributed by atoms with Gasteiger partial charge >= 0.3 is 0 Å². The van der Waals surface area contributed by atoms with Crippen molar-refractivity contribution in [2.75, 3.05) is 30.8 Å². The van der Waals surface area contributed by atoms with Crippen LogP contribution in [0.5, 0.6) is 5.75 Å². The molecule has 3 aromatic carbocycles. The molecular weight excluding hydrogens is 568 g/mol. The van der Waals surface area contributed by atoms with E-state index in [2.05, 4.69) is 10.3 Å². The summed E-state index contributed by atoms with van der Waals surface area (Å²) in [5, 5.41) is 4.12. The minimum Gasteiger partial charge on any atom is -0.497 e. The van der Waals surface area contributed by atoms with Crippen LogP contribution < -0.4 is 14.4 Å². The molecule has 0 radical (unpaired) electrons. The number of nitrogens with zero attached hydrogens (tertiary/aromatic N) is 3. The van der Waals surface area contributed by atoms with Crippen LogP contribution in [0.15, 0.2) is 64.3 Å². The molecule has 0 amide bonds. The Kier molecular flexibility index (Phi) is 8.96. The van der Waals surface area contributed by atoms with Gasteiger partial charge in [-0.25, -0.2) is 35.3 Å². The zero-order chi connectivity index (χ0) is 29.0. The summed E-state index contributed by atoms with van der Waals surface area (Å²) < 4.78 is 92.7. The summed E-state index contributed by atoms with van der Waals surface area (Å²) in [5.74, 6) is -3.47. The third-order valence-corrected chi connectivity index (χ3v) is 8.34. The summed E-state index contributed by atoms with van der Waals surface area (Å²) in [6, 6.07) is 10.1. The molecule has 4 aromatic rings. The van der Waals surface area contributed by atoms with Crippen LogP contribution in [0.3, 0.4) is 0 Å². The van der Waals surface area contributed by atoms with Crippen LogP contribution in [0, 0.1) is 23.3 Å². The number of aromatic nitrogens is 1. The Bertz CT molecular complexity index is 1560. The summed E-state index contributed by atoms with van der Waals surface area (Å²) in [4.78, 5) is 4.53. The first-order chi connectivity index (χ1) is 19.0. The van der Waals surface area contributed by atoms with Gasteiger partial charge in [0.2, 0.25) is 0 Å². The average Bonchev–Trinajstić information content (AvgIpc) is 3.43. The van der Waals surface area contributed by atoms with Crippen molar-refractivity contribution in [3.05, 3.63) is 99.4 Å². The van der Waals surface area contributed by atoms with Gasteiger partial charge in [0.25, 0.3) is 10.0 Å². The third-order valence-electron chi connectivity index (χ3n) is 5.97. The number of benzene rings is 3. The summed E-state index contributed by atoms with van der Waals surface area (Å²) in [6.45, 7) is -0.441. The maximum atomic E-state index is 15.3. The minimum absolute atomic E-state index is 0.00294. The van der Waals surface area contributed by atoms with E-state index in [1.807, 2.05) is 0 Å². The van der Waals surface area contributed by atoms with Crippen molar-refractivity contribution in [3.63, 3.8) is 0 Å². The number of halogens is 4. The highest BCUT2D eigenvalue weighted by Gasteiger charge is 2.33. The van der Waals surface area contributed by atoms with Gasteiger partial charge in [-0.15, -0.1) is 11.3 Å². The zero-order valence-corrected chi connectivity index (χ0v) is 23.4. The van der Waals surface area contributed by atoms with E-state index in [0.29, 0.717) is 11.3 Å². The summed E-state index contributed by atoms with van der Waals surface area (Å²) in [5.41, 5.74) is 1.86. The number of anilines is 2. The van der Waals surface area contributed by atoms with E-state index >= 15 is 8.78 Å². The van der Waals surface area contributed by atoms with Gasteiger partial charge in [0.05, 0.1) is 19.2 Å². The Hall–Kier alpha value is -3.68. The van der Waals surface area contributed by atoms with Gasteiger partial charge in [-0.2, -0.15) is 0 Å². The van der Waals surface area contributed by atoms with Crippen molar-refractivity contribution >= 4 is 32.9 Å². The second kappa shape index (κ2) is 12.2. The molecule has 1 heterocycles. The Morgan fingerprint density at radius 3 is 2.08 bits per heavy atom. The highest BCUT2D eigenvalue weighted by atomic mass is 32.2. The fourth-order valence-electron chi connectivity index (χ4n) is 4.04. The number of rotatable bonds is 11. The highest BCUT2D eigenvalue weighted by molar-refractivity contribution is 7.92. The lowest BCUT2D eigenvalue weighted by atomic mass is 10.1. The quantitative estimate of drug-likeness (QED) is 0.222. The monoisotopic (exact) mass is 594 g/mol. The maximum absolute atomic E-state index is 15.3. The second-order valence-electron chi connectivity index (χ2n) is 9.05. The molecule has 0 atom stereocenters. The zero-order valence-electron chi connectivity index (χ0n) is 21.8. The lowest BCUT2D eigenvalue weighted by Gasteiger charge is -2.23. The highest BCUT2D eigenvalue weighted by Crippen LogP contribution is 2.31. The largest absolute Gasteiger partial charge is 0.497 e. The molecule has 0 saturated carbocycles. The third kappa shape index (κ3) is 6.37. The molecular formula is C27H26F4N4O3S2. The van der Waals surface area contributed by atoms with Crippen molar-refractivity contribution in [1.29, 1.82) is 0 Å². The molecule has 212 valence electrons. The molecule has 0 bridgehead atoms. The molecule has 0 spiro atoms. The lowest BCUT2D eigenvalue weighted by Crippen LogP contribution is -2.32. The van der Waals surface area contributed by atoms with E-state index in [-0.39, 0.29) is 42.3 Å². The number of hydrogen-bond donors (Lipinski definition) is 1. The van der Waals surface area contributed by atoms with Crippen LogP contribution in [0.1, 0.15) is 16.7 Å². The molecule has 13 heteroatoms. The second-order valence-corrected chi connectivity index (χ2v) is 11.6. The fourth-order valence-corrected chi connectivity index (χ4v) is 6.14. The predicted octanol–water partition coefficient (Wildman–Crippen LogP) is 5.78. The molecule has 0 saturated heterocycles. The van der Waals surface area contributed by atoms with Crippen LogP contribution in [0.25, 0.3) is 0 Å². The van der Waals surface area contributed by atoms with Crippen LogP contribution in [0.4, 0.5) is 29.1 Å². The summed E-state index contributed by atoms with van der Waals surface area (Å²) in [7, 11) is 0.105. The number of methoxy groups -OCH3 is 1. The Morgan fingerprint density at radius 2 is 1.52 bits per heavy atom. The first-order valence-electron chi connectivity index (χ1n) is 11.9. The van der Waals surface area contributed by atoms with Crippen molar-refractivity contribution in [3.8, 4) is 5.75 Å². The average molecular weight is 595 g/mol. The standard InChI is InChI=1S/C27H26F4N4O3S2/c1-34(2)14-21-20(22(28)8-9-23(21)29)12-32-18-10-24(30)27(25(31)11-18)40(36,37)35(26-15-39-16-33-26)13-17-4-6-19(38-3)7-5-17/h4-11,15-16,32H,12-14H2,1-3H3. The van der Waals surface area contributed by atoms with E-state index in [1.165, 1.54) is 18.0 Å². The predicted molar refractivity (Wildman–Crippen MR) is 146 cm³/mol. The van der Waals surface area contributed by atoms with Gasteiger partial charge < -0.3 is 15.0 Å². The molecule has 7 nitrogen and oxygen atoms in total. The fraction of sp³-hybridized carbons (Fsp3) is 0.222. The van der Waals surface area contributed by atoms with Crippen LogP contribution >= 0.6 is 11.3 Å². The van der Waals surface area contributed by atoms with Crippen molar-refractivity contribution in [2.24, 2.45) is 0 Å². The Morgan fingerprint density at radius 1 is 0.900 bits per heavy atom. The van der Waals surface area contributed by atoms with Crippen molar-refractivity contribution in [1.82, 2.24) is 9.88 Å². The van der Waals surface area contributed by atoms with E-state index < -0.39 is 38.2 Å². The van der Waals surface area contributed by atoms with Crippen molar-refractivity contribution in [2.45, 2.75) is 24.5 Å². The smallest absolute Gasteiger partial charge is 0.271 e. The maximum Gasteiger partial charge on any atom is 0.271 e. The molecule has 1 aromatic heterocycles. The molecule has 4 rings (SSSR count). The Labute approximate surface area is 233 Å². The molecule has 0 aliphatic carbocycles. The SMILES string of the molecule is COc1ccc(CN(c2cscn2)S(=O)(=O)c2c(F)cc(NCc3c(F)ccc(F)c3CN(C)C)cc2F)cc1. The minimum atomic E-state index is -4.76. The number of thiazole rings is 1. The number of ether oxygens (including phenoxy) is 1. The summed E-state index contributed by atoms with van der Waals surface area (Å²) in [6.07, 6.45) is 0. The Balaban J connectivity index is 1.65.